The number of cyclic esters (lactones) is 1. The van der Waals surface area contributed by atoms with Crippen molar-refractivity contribution in [3.63, 3.8) is 0 Å². The fourth-order valence-corrected chi connectivity index (χ4v) is 5.50. The number of anilines is 1. The number of benzene rings is 1. The Hall–Kier alpha value is -3.32. The highest BCUT2D eigenvalue weighted by atomic mass is 35.5. The lowest BCUT2D eigenvalue weighted by Crippen LogP contribution is -2.55. The highest BCUT2D eigenvalue weighted by Crippen LogP contribution is 2.33. The zero-order valence-electron chi connectivity index (χ0n) is 22.7. The first-order valence-corrected chi connectivity index (χ1v) is 13.9. The summed E-state index contributed by atoms with van der Waals surface area (Å²) in [6, 6.07) is 0.394. The third kappa shape index (κ3) is 7.70. The maximum Gasteiger partial charge on any atom is 0.310 e. The first-order chi connectivity index (χ1) is 19.3. The van der Waals surface area contributed by atoms with E-state index in [9.17, 15) is 32.8 Å². The van der Waals surface area contributed by atoms with Gasteiger partial charge in [0.25, 0.3) is 11.8 Å². The highest BCUT2D eigenvalue weighted by Gasteiger charge is 2.52. The van der Waals surface area contributed by atoms with Gasteiger partial charge in [-0.15, -0.1) is 0 Å². The maximum atomic E-state index is 14.5. The van der Waals surface area contributed by atoms with Crippen LogP contribution in [0.4, 0.5) is 14.5 Å². The topological polar surface area (TPSA) is 143 Å². The minimum absolute atomic E-state index is 0.0692. The molecule has 2 aliphatic heterocycles. The molecule has 3 fully saturated rings. The van der Waals surface area contributed by atoms with Crippen LogP contribution >= 0.6 is 11.6 Å². The van der Waals surface area contributed by atoms with Crippen molar-refractivity contribution in [3.8, 4) is 0 Å². The number of hydrogen-bond donors (Lipinski definition) is 3. The zero-order chi connectivity index (χ0) is 29.9. The van der Waals surface area contributed by atoms with Gasteiger partial charge in [-0.2, -0.15) is 0 Å². The smallest absolute Gasteiger partial charge is 0.310 e. The number of alkyl halides is 2. The molecule has 4 rings (SSSR count). The fraction of sp³-hybridized carbons (Fsp3) is 0.593. The van der Waals surface area contributed by atoms with Crippen LogP contribution in [0.3, 0.4) is 0 Å². The molecule has 4 atom stereocenters. The van der Waals surface area contributed by atoms with Crippen LogP contribution in [0.1, 0.15) is 69.2 Å². The molecule has 0 radical (unpaired) electrons. The maximum absolute atomic E-state index is 14.5. The Labute approximate surface area is 240 Å². The highest BCUT2D eigenvalue weighted by molar-refractivity contribution is 6.34. The first-order valence-electron chi connectivity index (χ1n) is 13.5. The lowest BCUT2D eigenvalue weighted by molar-refractivity contribution is -0.180. The number of carbonyl (C=O) groups excluding carboxylic acids is 5. The summed E-state index contributed by atoms with van der Waals surface area (Å²) in [7, 11) is 0. The predicted octanol–water partition coefficient (Wildman–Crippen LogP) is 2.76. The lowest BCUT2D eigenvalue weighted by Gasteiger charge is -2.30. The van der Waals surface area contributed by atoms with Crippen molar-refractivity contribution in [3.05, 3.63) is 28.8 Å². The van der Waals surface area contributed by atoms with E-state index in [1.165, 1.54) is 32.0 Å². The predicted molar refractivity (Wildman–Crippen MR) is 142 cm³/mol. The van der Waals surface area contributed by atoms with Gasteiger partial charge < -0.3 is 30.3 Å². The van der Waals surface area contributed by atoms with Crippen molar-refractivity contribution in [2.45, 2.75) is 95.2 Å². The van der Waals surface area contributed by atoms with E-state index in [2.05, 4.69) is 16.0 Å². The summed E-state index contributed by atoms with van der Waals surface area (Å²) in [5.74, 6) is -6.74. The Morgan fingerprint density at radius 2 is 1.88 bits per heavy atom. The average Bonchev–Trinajstić information content (AvgIpc) is 3.42. The first kappa shape index (κ1) is 30.6. The fourth-order valence-electron chi connectivity index (χ4n) is 5.27. The van der Waals surface area contributed by atoms with Gasteiger partial charge in [-0.1, -0.05) is 30.9 Å². The van der Waals surface area contributed by atoms with Gasteiger partial charge in [0, 0.05) is 18.9 Å². The van der Waals surface area contributed by atoms with Crippen LogP contribution in [-0.4, -0.2) is 77.5 Å². The van der Waals surface area contributed by atoms with Gasteiger partial charge in [-0.3, -0.25) is 24.0 Å². The Balaban J connectivity index is 1.40. The Morgan fingerprint density at radius 1 is 1.17 bits per heavy atom. The molecule has 4 unspecified atom stereocenters. The van der Waals surface area contributed by atoms with E-state index in [0.717, 1.165) is 37.0 Å². The van der Waals surface area contributed by atoms with Crippen LogP contribution in [0.5, 0.6) is 0 Å². The van der Waals surface area contributed by atoms with E-state index in [1.54, 1.807) is 0 Å². The molecule has 41 heavy (non-hydrogen) atoms. The number of carbonyl (C=O) groups is 5. The van der Waals surface area contributed by atoms with Crippen LogP contribution in [0, 0.1) is 0 Å². The SMILES string of the molecule is CC(=O)Nc1ccc(C(=O)NC(C)C(=O)N2CC(F)(F)CC2C(=O)NC2CC(=O)OC2OC2CCCCC2)cc1Cl. The molecule has 11 nitrogen and oxygen atoms in total. The second-order valence-corrected chi connectivity index (χ2v) is 11.1. The molecule has 1 aromatic carbocycles. The normalized spacial score (nSPS) is 24.9. The molecule has 3 N–H and O–H groups in total. The minimum atomic E-state index is -3.34. The van der Waals surface area contributed by atoms with Gasteiger partial charge in [0.1, 0.15) is 18.1 Å². The summed E-state index contributed by atoms with van der Waals surface area (Å²) >= 11 is 6.11. The third-order valence-electron chi connectivity index (χ3n) is 7.28. The molecule has 14 heteroatoms. The van der Waals surface area contributed by atoms with E-state index in [0.29, 0.717) is 0 Å². The second-order valence-electron chi connectivity index (χ2n) is 10.7. The van der Waals surface area contributed by atoms with Crippen LogP contribution in [0.2, 0.25) is 5.02 Å². The number of amides is 4. The van der Waals surface area contributed by atoms with E-state index in [4.69, 9.17) is 21.1 Å². The average molecular weight is 599 g/mol. The third-order valence-corrected chi connectivity index (χ3v) is 7.60. The Morgan fingerprint density at radius 3 is 2.54 bits per heavy atom. The van der Waals surface area contributed by atoms with E-state index < -0.39 is 67.0 Å². The Bertz CT molecular complexity index is 1210. The molecule has 0 aromatic heterocycles. The van der Waals surface area contributed by atoms with Gasteiger partial charge in [0.2, 0.25) is 24.0 Å². The molecule has 1 aliphatic carbocycles. The summed E-state index contributed by atoms with van der Waals surface area (Å²) < 4.78 is 40.1. The van der Waals surface area contributed by atoms with Gasteiger partial charge in [-0.25, -0.2) is 8.78 Å². The monoisotopic (exact) mass is 598 g/mol. The van der Waals surface area contributed by atoms with Gasteiger partial charge in [0.15, 0.2) is 0 Å². The number of halogens is 3. The van der Waals surface area contributed by atoms with E-state index >= 15 is 0 Å². The van der Waals surface area contributed by atoms with Gasteiger partial charge >= 0.3 is 5.97 Å². The van der Waals surface area contributed by atoms with Crippen molar-refractivity contribution < 1.29 is 42.2 Å². The van der Waals surface area contributed by atoms with Crippen LogP contribution in [0.25, 0.3) is 0 Å². The number of likely N-dealkylation sites (tertiary alicyclic amines) is 1. The molecule has 4 amide bonds. The molecule has 0 bridgehead atoms. The summed E-state index contributed by atoms with van der Waals surface area (Å²) in [6.07, 6.45) is 2.35. The molecule has 1 saturated carbocycles. The number of hydrogen-bond acceptors (Lipinski definition) is 7. The van der Waals surface area contributed by atoms with Gasteiger partial charge in [-0.05, 0) is 38.0 Å². The van der Waals surface area contributed by atoms with E-state index in [-0.39, 0.29) is 34.7 Å². The van der Waals surface area contributed by atoms with Crippen molar-refractivity contribution in [1.29, 1.82) is 0 Å². The summed E-state index contributed by atoms with van der Waals surface area (Å²) in [6.45, 7) is 1.60. The number of nitrogens with one attached hydrogen (secondary N) is 3. The summed E-state index contributed by atoms with van der Waals surface area (Å²) in [5.41, 5.74) is 0.355. The van der Waals surface area contributed by atoms with Crippen molar-refractivity contribution in [2.75, 3.05) is 11.9 Å². The summed E-state index contributed by atoms with van der Waals surface area (Å²) in [4.78, 5) is 63.1. The van der Waals surface area contributed by atoms with Crippen molar-refractivity contribution >= 4 is 46.9 Å². The number of esters is 1. The molecule has 2 saturated heterocycles. The molecule has 3 aliphatic rings. The van der Waals surface area contributed by atoms with Crippen molar-refractivity contribution in [1.82, 2.24) is 15.5 Å². The van der Waals surface area contributed by atoms with Crippen LogP contribution < -0.4 is 16.0 Å². The summed E-state index contributed by atoms with van der Waals surface area (Å²) in [5, 5.41) is 7.61. The zero-order valence-corrected chi connectivity index (χ0v) is 23.5. The molecule has 0 spiro atoms. The largest absolute Gasteiger partial charge is 0.433 e. The van der Waals surface area contributed by atoms with Crippen LogP contribution in [0.15, 0.2) is 18.2 Å². The van der Waals surface area contributed by atoms with E-state index in [1.807, 2.05) is 0 Å². The van der Waals surface area contributed by atoms with Gasteiger partial charge in [0.05, 0.1) is 29.8 Å². The standard InChI is InChI=1S/C27H33ClF2N4O7/c1-14(31-23(37)16-8-9-19(18(28)10-16)32-15(2)35)25(39)34-13-27(29,30)12-21(34)24(38)33-20-11-22(36)41-26(20)40-17-6-4-3-5-7-17/h8-10,14,17,20-21,26H,3-7,11-13H2,1-2H3,(H,31,37)(H,32,35)(H,33,38). The quantitative estimate of drug-likeness (QED) is 0.391. The molecule has 224 valence electrons. The molecular formula is C27H33ClF2N4O7. The minimum Gasteiger partial charge on any atom is -0.433 e. The number of nitrogens with zero attached hydrogens (tertiary/aromatic N) is 1. The molecule has 1 aromatic rings. The van der Waals surface area contributed by atoms with Crippen molar-refractivity contribution in [2.24, 2.45) is 0 Å². The Kier molecular flexibility index (Phi) is 9.48. The number of rotatable bonds is 8. The second kappa shape index (κ2) is 12.7. The van der Waals surface area contributed by atoms with Crippen LogP contribution in [-0.2, 0) is 28.7 Å². The number of ether oxygens (including phenoxy) is 2. The molecular weight excluding hydrogens is 566 g/mol. The molecule has 2 heterocycles. The lowest BCUT2D eigenvalue weighted by atomic mass is 9.98.